The van der Waals surface area contributed by atoms with Crippen molar-refractivity contribution in [2.24, 2.45) is 0 Å². The van der Waals surface area contributed by atoms with Crippen molar-refractivity contribution in [2.45, 2.75) is 20.0 Å². The van der Waals surface area contributed by atoms with E-state index in [1.54, 1.807) is 26.0 Å². The van der Waals surface area contributed by atoms with E-state index in [1.165, 1.54) is 17.0 Å². The van der Waals surface area contributed by atoms with Gasteiger partial charge in [-0.3, -0.25) is 14.5 Å². The van der Waals surface area contributed by atoms with Crippen LogP contribution in [0, 0.1) is 0 Å². The lowest BCUT2D eigenvalue weighted by atomic mass is 10.1. The molecule has 0 aliphatic carbocycles. The van der Waals surface area contributed by atoms with Crippen LogP contribution in [-0.4, -0.2) is 49.7 Å². The van der Waals surface area contributed by atoms with Gasteiger partial charge in [-0.1, -0.05) is 24.3 Å². The molecule has 0 aliphatic rings. The Hall–Kier alpha value is -2.35. The first-order valence-electron chi connectivity index (χ1n) is 8.13. The number of hydrogen-bond acceptors (Lipinski definition) is 5. The van der Waals surface area contributed by atoms with E-state index in [0.717, 1.165) is 12.1 Å². The number of carbonyl (C=O) groups excluding carboxylic acids is 2. The standard InChI is InChI=1S/C18H22F3NO4/c1-3-25-16(23)12-22(13-17(24)26-4-2)11-5-6-14-7-9-15(10-8-14)18(19,20)21/h5-10H,3-4,11-13H2,1-2H3/b6-5+. The molecule has 0 aromatic heterocycles. The van der Waals surface area contributed by atoms with Crippen molar-refractivity contribution in [2.75, 3.05) is 32.8 Å². The zero-order chi connectivity index (χ0) is 19.6. The first-order valence-corrected chi connectivity index (χ1v) is 8.13. The molecule has 0 radical (unpaired) electrons. The Bertz CT molecular complexity index is 592. The maximum absolute atomic E-state index is 12.5. The lowest BCUT2D eigenvalue weighted by Crippen LogP contribution is -2.36. The minimum Gasteiger partial charge on any atom is -0.465 e. The van der Waals surface area contributed by atoms with E-state index < -0.39 is 23.7 Å². The molecule has 0 saturated carbocycles. The summed E-state index contributed by atoms with van der Waals surface area (Å²) in [5.74, 6) is -0.945. The fourth-order valence-corrected chi connectivity index (χ4v) is 2.08. The Labute approximate surface area is 150 Å². The molecule has 0 saturated heterocycles. The zero-order valence-corrected chi connectivity index (χ0v) is 14.7. The van der Waals surface area contributed by atoms with Crippen molar-refractivity contribution in [3.63, 3.8) is 0 Å². The largest absolute Gasteiger partial charge is 0.465 e. The fraction of sp³-hybridized carbons (Fsp3) is 0.444. The van der Waals surface area contributed by atoms with E-state index in [4.69, 9.17) is 9.47 Å². The minimum absolute atomic E-state index is 0.0932. The summed E-state index contributed by atoms with van der Waals surface area (Å²) in [6.07, 6.45) is -1.11. The number of alkyl halides is 3. The average Bonchev–Trinajstić information content (AvgIpc) is 2.54. The number of halogens is 3. The maximum Gasteiger partial charge on any atom is 0.416 e. The molecule has 0 bridgehead atoms. The minimum atomic E-state index is -4.38. The zero-order valence-electron chi connectivity index (χ0n) is 14.7. The normalized spacial score (nSPS) is 11.8. The number of nitrogens with zero attached hydrogens (tertiary/aromatic N) is 1. The third kappa shape index (κ3) is 8.15. The molecule has 5 nitrogen and oxygen atoms in total. The summed E-state index contributed by atoms with van der Waals surface area (Å²) in [5.41, 5.74) is -0.147. The van der Waals surface area contributed by atoms with Crippen molar-refractivity contribution in [3.8, 4) is 0 Å². The summed E-state index contributed by atoms with van der Waals surface area (Å²) in [4.78, 5) is 24.7. The first kappa shape index (κ1) is 21.7. The van der Waals surface area contributed by atoms with Crippen LogP contribution < -0.4 is 0 Å². The number of hydrogen-bond donors (Lipinski definition) is 0. The maximum atomic E-state index is 12.5. The van der Waals surface area contributed by atoms with Crippen LogP contribution in [0.3, 0.4) is 0 Å². The smallest absolute Gasteiger partial charge is 0.416 e. The SMILES string of the molecule is CCOC(=O)CN(C/C=C/c1ccc(C(F)(F)F)cc1)CC(=O)OCC. The van der Waals surface area contributed by atoms with Crippen LogP contribution in [0.2, 0.25) is 0 Å². The number of carbonyl (C=O) groups is 2. The molecule has 26 heavy (non-hydrogen) atoms. The highest BCUT2D eigenvalue weighted by atomic mass is 19.4. The number of esters is 2. The molecule has 1 aromatic carbocycles. The number of rotatable bonds is 9. The van der Waals surface area contributed by atoms with Crippen molar-refractivity contribution in [1.29, 1.82) is 0 Å². The van der Waals surface area contributed by atoms with E-state index >= 15 is 0 Å². The van der Waals surface area contributed by atoms with Crippen LogP contribution in [0.25, 0.3) is 6.08 Å². The summed E-state index contributed by atoms with van der Waals surface area (Å²) >= 11 is 0. The van der Waals surface area contributed by atoms with Crippen LogP contribution in [-0.2, 0) is 25.2 Å². The Morgan fingerprint density at radius 1 is 1.00 bits per heavy atom. The van der Waals surface area contributed by atoms with Crippen molar-refractivity contribution < 1.29 is 32.2 Å². The van der Waals surface area contributed by atoms with Gasteiger partial charge in [-0.05, 0) is 31.5 Å². The molecule has 0 unspecified atom stereocenters. The van der Waals surface area contributed by atoms with Crippen LogP contribution in [0.15, 0.2) is 30.3 Å². The van der Waals surface area contributed by atoms with Gasteiger partial charge in [0.15, 0.2) is 0 Å². The molecule has 0 fully saturated rings. The summed E-state index contributed by atoms with van der Waals surface area (Å²) in [5, 5.41) is 0. The third-order valence-corrected chi connectivity index (χ3v) is 3.23. The third-order valence-electron chi connectivity index (χ3n) is 3.23. The van der Waals surface area contributed by atoms with Gasteiger partial charge in [-0.25, -0.2) is 0 Å². The van der Waals surface area contributed by atoms with Gasteiger partial charge in [-0.2, -0.15) is 13.2 Å². The van der Waals surface area contributed by atoms with E-state index in [0.29, 0.717) is 5.56 Å². The topological polar surface area (TPSA) is 55.8 Å². The summed E-state index contributed by atoms with van der Waals surface area (Å²) < 4.78 is 47.3. The van der Waals surface area contributed by atoms with Crippen molar-refractivity contribution in [1.82, 2.24) is 4.90 Å². The molecular formula is C18H22F3NO4. The molecule has 0 N–H and O–H groups in total. The van der Waals surface area contributed by atoms with E-state index in [-0.39, 0.29) is 32.8 Å². The Kier molecular flexibility index (Phi) is 8.84. The van der Waals surface area contributed by atoms with Gasteiger partial charge in [-0.15, -0.1) is 0 Å². The molecule has 0 amide bonds. The lowest BCUT2D eigenvalue weighted by molar-refractivity contribution is -0.148. The molecule has 0 aliphatic heterocycles. The van der Waals surface area contributed by atoms with Crippen LogP contribution in [0.1, 0.15) is 25.0 Å². The Morgan fingerprint density at radius 2 is 1.50 bits per heavy atom. The predicted octanol–water partition coefficient (Wildman–Crippen LogP) is 3.15. The van der Waals surface area contributed by atoms with Gasteiger partial charge >= 0.3 is 18.1 Å². The van der Waals surface area contributed by atoms with Crippen molar-refractivity contribution in [3.05, 3.63) is 41.5 Å². The fourth-order valence-electron chi connectivity index (χ4n) is 2.08. The van der Waals surface area contributed by atoms with Crippen LogP contribution in [0.4, 0.5) is 13.2 Å². The summed E-state index contributed by atoms with van der Waals surface area (Å²) in [6, 6.07) is 4.68. The Balaban J connectivity index is 2.69. The highest BCUT2D eigenvalue weighted by Crippen LogP contribution is 2.29. The average molecular weight is 373 g/mol. The van der Waals surface area contributed by atoms with Gasteiger partial charge in [0.2, 0.25) is 0 Å². The van der Waals surface area contributed by atoms with Gasteiger partial charge < -0.3 is 9.47 Å². The Morgan fingerprint density at radius 3 is 1.92 bits per heavy atom. The second-order valence-electron chi connectivity index (χ2n) is 5.30. The van der Waals surface area contributed by atoms with Crippen molar-refractivity contribution >= 4 is 18.0 Å². The van der Waals surface area contributed by atoms with Crippen LogP contribution in [0.5, 0.6) is 0 Å². The monoisotopic (exact) mass is 373 g/mol. The predicted molar refractivity (Wildman–Crippen MR) is 90.2 cm³/mol. The number of ether oxygens (including phenoxy) is 2. The second-order valence-corrected chi connectivity index (χ2v) is 5.30. The van der Waals surface area contributed by atoms with E-state index in [2.05, 4.69) is 0 Å². The molecule has 1 rings (SSSR count). The molecule has 144 valence electrons. The highest BCUT2D eigenvalue weighted by molar-refractivity contribution is 5.75. The number of benzene rings is 1. The lowest BCUT2D eigenvalue weighted by Gasteiger charge is -2.18. The summed E-state index contributed by atoms with van der Waals surface area (Å²) in [6.45, 7) is 3.86. The molecule has 0 heterocycles. The molecule has 0 spiro atoms. The second kappa shape index (κ2) is 10.6. The van der Waals surface area contributed by atoms with Gasteiger partial charge in [0.05, 0.1) is 31.9 Å². The quantitative estimate of drug-likeness (QED) is 0.623. The summed E-state index contributed by atoms with van der Waals surface area (Å²) in [7, 11) is 0. The highest BCUT2D eigenvalue weighted by Gasteiger charge is 2.29. The molecule has 8 heteroatoms. The van der Waals surface area contributed by atoms with E-state index in [1.807, 2.05) is 0 Å². The van der Waals surface area contributed by atoms with Crippen LogP contribution >= 0.6 is 0 Å². The van der Waals surface area contributed by atoms with Gasteiger partial charge in [0.25, 0.3) is 0 Å². The van der Waals surface area contributed by atoms with Gasteiger partial charge in [0.1, 0.15) is 0 Å². The van der Waals surface area contributed by atoms with E-state index in [9.17, 15) is 22.8 Å². The van der Waals surface area contributed by atoms with Gasteiger partial charge in [0, 0.05) is 6.54 Å². The first-order chi connectivity index (χ1) is 12.3. The molecular weight excluding hydrogens is 351 g/mol. The molecule has 1 aromatic rings. The molecule has 0 atom stereocenters.